The van der Waals surface area contributed by atoms with Crippen molar-refractivity contribution in [3.05, 3.63) is 42.0 Å². The topological polar surface area (TPSA) is 52.0 Å². The number of hydrogen-bond donors (Lipinski definition) is 1. The zero-order valence-corrected chi connectivity index (χ0v) is 13.0. The fourth-order valence-electron chi connectivity index (χ4n) is 2.48. The minimum atomic E-state index is 0.173. The summed E-state index contributed by atoms with van der Waals surface area (Å²) in [5.41, 5.74) is 2.31. The maximum Gasteiger partial charge on any atom is 0.161 e. The molecule has 0 spiro atoms. The van der Waals surface area contributed by atoms with Gasteiger partial charge in [0.2, 0.25) is 0 Å². The second kappa shape index (κ2) is 7.78. The molecule has 0 aliphatic heterocycles. The van der Waals surface area contributed by atoms with E-state index >= 15 is 0 Å². The predicted octanol–water partition coefficient (Wildman–Crippen LogP) is 2.59. The van der Waals surface area contributed by atoms with Crippen LogP contribution in [-0.2, 0) is 13.0 Å². The van der Waals surface area contributed by atoms with E-state index in [1.54, 1.807) is 19.5 Å². The van der Waals surface area contributed by atoms with Gasteiger partial charge in [-0.1, -0.05) is 13.0 Å². The van der Waals surface area contributed by atoms with E-state index in [9.17, 15) is 0 Å². The third-order valence-corrected chi connectivity index (χ3v) is 3.50. The van der Waals surface area contributed by atoms with Crippen molar-refractivity contribution in [2.75, 3.05) is 13.7 Å². The van der Waals surface area contributed by atoms with Gasteiger partial charge in [-0.3, -0.25) is 9.67 Å². The van der Waals surface area contributed by atoms with Gasteiger partial charge in [-0.2, -0.15) is 5.10 Å². The average molecular weight is 288 g/mol. The van der Waals surface area contributed by atoms with Crippen LogP contribution in [0.1, 0.15) is 37.6 Å². The van der Waals surface area contributed by atoms with E-state index in [2.05, 4.69) is 35.3 Å². The maximum absolute atomic E-state index is 5.49. The molecule has 2 rings (SSSR count). The Morgan fingerprint density at radius 1 is 1.33 bits per heavy atom. The number of pyridine rings is 1. The van der Waals surface area contributed by atoms with Crippen LogP contribution in [0.3, 0.4) is 0 Å². The lowest BCUT2D eigenvalue weighted by molar-refractivity contribution is 0.390. The molecule has 1 N–H and O–H groups in total. The van der Waals surface area contributed by atoms with Crippen molar-refractivity contribution in [2.45, 2.75) is 39.3 Å². The highest BCUT2D eigenvalue weighted by Crippen LogP contribution is 2.27. The lowest BCUT2D eigenvalue weighted by atomic mass is 10.0. The highest BCUT2D eigenvalue weighted by atomic mass is 16.5. The summed E-state index contributed by atoms with van der Waals surface area (Å²) < 4.78 is 7.49. The molecular weight excluding hydrogens is 264 g/mol. The fourth-order valence-corrected chi connectivity index (χ4v) is 2.48. The molecule has 5 nitrogen and oxygen atoms in total. The normalized spacial score (nSPS) is 12.3. The molecule has 0 saturated heterocycles. The molecular formula is C16H24N4O. The third-order valence-electron chi connectivity index (χ3n) is 3.50. The Kier molecular flexibility index (Phi) is 5.75. The van der Waals surface area contributed by atoms with Crippen molar-refractivity contribution in [3.63, 3.8) is 0 Å². The van der Waals surface area contributed by atoms with Gasteiger partial charge in [-0.25, -0.2) is 0 Å². The van der Waals surface area contributed by atoms with Gasteiger partial charge in [-0.15, -0.1) is 0 Å². The Morgan fingerprint density at radius 3 is 2.81 bits per heavy atom. The maximum atomic E-state index is 5.49. The summed E-state index contributed by atoms with van der Waals surface area (Å²) in [5, 5.41) is 8.01. The van der Waals surface area contributed by atoms with Gasteiger partial charge in [0, 0.05) is 18.9 Å². The van der Waals surface area contributed by atoms with E-state index in [1.165, 1.54) is 5.56 Å². The first-order chi connectivity index (χ1) is 10.3. The Morgan fingerprint density at radius 2 is 2.19 bits per heavy atom. The number of rotatable bonds is 8. The van der Waals surface area contributed by atoms with Crippen molar-refractivity contribution in [1.82, 2.24) is 20.1 Å². The van der Waals surface area contributed by atoms with Gasteiger partial charge in [0.05, 0.1) is 25.0 Å². The Bertz CT molecular complexity index is 517. The van der Waals surface area contributed by atoms with Crippen LogP contribution in [0.5, 0.6) is 5.75 Å². The van der Waals surface area contributed by atoms with E-state index < -0.39 is 0 Å². The molecule has 114 valence electrons. The molecule has 2 aromatic rings. The largest absolute Gasteiger partial charge is 0.493 e. The van der Waals surface area contributed by atoms with Crippen LogP contribution < -0.4 is 10.1 Å². The van der Waals surface area contributed by atoms with Crippen molar-refractivity contribution in [1.29, 1.82) is 0 Å². The van der Waals surface area contributed by atoms with Gasteiger partial charge in [-0.05, 0) is 37.9 Å². The Labute approximate surface area is 126 Å². The summed E-state index contributed by atoms with van der Waals surface area (Å²) in [6, 6.07) is 4.25. The summed E-state index contributed by atoms with van der Waals surface area (Å²) in [5.74, 6) is 0.842. The van der Waals surface area contributed by atoms with Gasteiger partial charge in [0.1, 0.15) is 0 Å². The SMILES string of the molecule is CCCNC(Cc1cccnc1)c1c(OC)cnn1CC. The van der Waals surface area contributed by atoms with Crippen LogP contribution in [0, 0.1) is 0 Å². The van der Waals surface area contributed by atoms with Crippen molar-refractivity contribution >= 4 is 0 Å². The standard InChI is InChI=1S/C16H24N4O/c1-4-8-18-14(10-13-7-6-9-17-11-13)16-15(21-3)12-19-20(16)5-2/h6-7,9,11-12,14,18H,4-5,8,10H2,1-3H3. The summed E-state index contributed by atoms with van der Waals surface area (Å²) >= 11 is 0. The van der Waals surface area contributed by atoms with Gasteiger partial charge in [0.15, 0.2) is 5.75 Å². The molecule has 0 radical (unpaired) electrons. The van der Waals surface area contributed by atoms with Crippen LogP contribution in [0.2, 0.25) is 0 Å². The molecule has 0 bridgehead atoms. The summed E-state index contributed by atoms with van der Waals surface area (Å²) in [6.07, 6.45) is 7.47. The second-order valence-electron chi connectivity index (χ2n) is 4.99. The van der Waals surface area contributed by atoms with E-state index in [1.807, 2.05) is 16.9 Å². The van der Waals surface area contributed by atoms with Crippen molar-refractivity contribution < 1.29 is 4.74 Å². The van der Waals surface area contributed by atoms with E-state index in [0.717, 1.165) is 37.4 Å². The van der Waals surface area contributed by atoms with E-state index in [-0.39, 0.29) is 6.04 Å². The highest BCUT2D eigenvalue weighted by Gasteiger charge is 2.21. The molecule has 5 heteroatoms. The van der Waals surface area contributed by atoms with Gasteiger partial charge >= 0.3 is 0 Å². The van der Waals surface area contributed by atoms with Crippen LogP contribution in [0.4, 0.5) is 0 Å². The number of aryl methyl sites for hydroxylation is 1. The molecule has 2 heterocycles. The number of ether oxygens (including phenoxy) is 1. The molecule has 1 atom stereocenters. The number of nitrogens with zero attached hydrogens (tertiary/aromatic N) is 3. The number of aromatic nitrogens is 3. The molecule has 0 aliphatic carbocycles. The van der Waals surface area contributed by atoms with Crippen LogP contribution in [-0.4, -0.2) is 28.4 Å². The molecule has 0 aliphatic rings. The smallest absolute Gasteiger partial charge is 0.161 e. The van der Waals surface area contributed by atoms with Gasteiger partial charge in [0.25, 0.3) is 0 Å². The lowest BCUT2D eigenvalue weighted by Crippen LogP contribution is -2.27. The zero-order valence-electron chi connectivity index (χ0n) is 13.0. The number of nitrogens with one attached hydrogen (secondary N) is 1. The monoisotopic (exact) mass is 288 g/mol. The quantitative estimate of drug-likeness (QED) is 0.811. The third kappa shape index (κ3) is 3.82. The van der Waals surface area contributed by atoms with Crippen LogP contribution >= 0.6 is 0 Å². The predicted molar refractivity (Wildman–Crippen MR) is 83.4 cm³/mol. The summed E-state index contributed by atoms with van der Waals surface area (Å²) in [4.78, 5) is 4.20. The molecule has 0 amide bonds. The first kappa shape index (κ1) is 15.5. The van der Waals surface area contributed by atoms with Crippen molar-refractivity contribution in [3.8, 4) is 5.75 Å². The number of hydrogen-bond acceptors (Lipinski definition) is 4. The first-order valence-corrected chi connectivity index (χ1v) is 7.52. The Balaban J connectivity index is 2.28. The highest BCUT2D eigenvalue weighted by molar-refractivity contribution is 5.30. The summed E-state index contributed by atoms with van der Waals surface area (Å²) in [7, 11) is 1.70. The molecule has 0 fully saturated rings. The molecule has 1 unspecified atom stereocenters. The molecule has 0 aromatic carbocycles. The average Bonchev–Trinajstić information content (AvgIpc) is 2.95. The van der Waals surface area contributed by atoms with Crippen molar-refractivity contribution in [2.24, 2.45) is 0 Å². The first-order valence-electron chi connectivity index (χ1n) is 7.52. The second-order valence-corrected chi connectivity index (χ2v) is 4.99. The molecule has 0 saturated carbocycles. The fraction of sp³-hybridized carbons (Fsp3) is 0.500. The summed E-state index contributed by atoms with van der Waals surface area (Å²) in [6.45, 7) is 6.05. The lowest BCUT2D eigenvalue weighted by Gasteiger charge is -2.21. The zero-order chi connectivity index (χ0) is 15.1. The number of methoxy groups -OCH3 is 1. The van der Waals surface area contributed by atoms with Gasteiger partial charge < -0.3 is 10.1 Å². The van der Waals surface area contributed by atoms with Crippen LogP contribution in [0.15, 0.2) is 30.7 Å². The molecule has 2 aromatic heterocycles. The minimum Gasteiger partial charge on any atom is -0.493 e. The molecule has 21 heavy (non-hydrogen) atoms. The van der Waals surface area contributed by atoms with E-state index in [4.69, 9.17) is 4.74 Å². The van der Waals surface area contributed by atoms with E-state index in [0.29, 0.717) is 0 Å². The Hall–Kier alpha value is -1.88. The minimum absolute atomic E-state index is 0.173. The van der Waals surface area contributed by atoms with Crippen LogP contribution in [0.25, 0.3) is 0 Å².